The summed E-state index contributed by atoms with van der Waals surface area (Å²) in [7, 11) is 0. The highest BCUT2D eigenvalue weighted by molar-refractivity contribution is 8.02. The Kier molecular flexibility index (Phi) is 8.73. The molecule has 254 valence electrons. The maximum atomic E-state index is 15.4. The van der Waals surface area contributed by atoms with Crippen LogP contribution in [0, 0.1) is 0 Å². The Morgan fingerprint density at radius 1 is 0.900 bits per heavy atom. The van der Waals surface area contributed by atoms with Gasteiger partial charge in [0.2, 0.25) is 5.91 Å². The van der Waals surface area contributed by atoms with E-state index in [2.05, 4.69) is 10.6 Å². The monoisotopic (exact) mass is 687 g/mol. The van der Waals surface area contributed by atoms with E-state index < -0.39 is 46.6 Å². The third-order valence-corrected chi connectivity index (χ3v) is 10.1. The second kappa shape index (κ2) is 13.2. The summed E-state index contributed by atoms with van der Waals surface area (Å²) < 4.78 is 12.1. The molecule has 4 aromatic carbocycles. The summed E-state index contributed by atoms with van der Waals surface area (Å²) in [4.78, 5) is 57.9. The molecule has 3 heterocycles. The molecule has 10 heteroatoms. The van der Waals surface area contributed by atoms with Crippen LogP contribution in [0.3, 0.4) is 0 Å². The minimum Gasteiger partial charge on any atom is -0.450 e. The number of ether oxygens (including phenoxy) is 2. The van der Waals surface area contributed by atoms with Gasteiger partial charge in [0.05, 0.1) is 0 Å². The average molecular weight is 688 g/mol. The van der Waals surface area contributed by atoms with E-state index in [4.69, 9.17) is 9.47 Å². The fourth-order valence-corrected chi connectivity index (χ4v) is 8.07. The number of nitrogens with one attached hydrogen (secondary N) is 2. The van der Waals surface area contributed by atoms with Crippen LogP contribution in [0.25, 0.3) is 16.3 Å². The quantitative estimate of drug-likeness (QED) is 0.129. The van der Waals surface area contributed by atoms with Crippen molar-refractivity contribution in [3.8, 4) is 0 Å². The fraction of sp³-hybridized carbons (Fsp3) is 0.250. The molecule has 9 nitrogen and oxygen atoms in total. The highest BCUT2D eigenvalue weighted by Gasteiger charge is 2.64. The van der Waals surface area contributed by atoms with Gasteiger partial charge in [0.15, 0.2) is 11.6 Å². The molecule has 0 aliphatic carbocycles. The third kappa shape index (κ3) is 5.94. The number of β-lactam (4-membered cyclic amide) rings is 1. The first-order chi connectivity index (χ1) is 24.1. The zero-order chi connectivity index (χ0) is 35.0. The van der Waals surface area contributed by atoms with E-state index in [1.165, 1.54) is 16.7 Å². The molecule has 7 rings (SSSR count). The fourth-order valence-electron chi connectivity index (χ4n) is 6.90. The number of hydrogen-bond donors (Lipinski definition) is 2. The predicted molar refractivity (Wildman–Crippen MR) is 193 cm³/mol. The summed E-state index contributed by atoms with van der Waals surface area (Å²) in [6, 6.07) is 31.3. The van der Waals surface area contributed by atoms with Crippen LogP contribution in [0.1, 0.15) is 50.0 Å². The first-order valence-corrected chi connectivity index (χ1v) is 17.5. The van der Waals surface area contributed by atoms with Gasteiger partial charge in [-0.2, -0.15) is 0 Å². The lowest BCUT2D eigenvalue weighted by molar-refractivity contribution is -0.169. The molecule has 0 aromatic heterocycles. The number of esters is 1. The molecule has 3 aliphatic heterocycles. The van der Waals surface area contributed by atoms with Crippen molar-refractivity contribution in [2.45, 2.75) is 55.9 Å². The van der Waals surface area contributed by atoms with Crippen LogP contribution in [0.2, 0.25) is 0 Å². The topological polar surface area (TPSA) is 114 Å². The summed E-state index contributed by atoms with van der Waals surface area (Å²) in [6.07, 6.45) is 0.433. The van der Waals surface area contributed by atoms with E-state index in [0.717, 1.165) is 21.9 Å². The van der Waals surface area contributed by atoms with Gasteiger partial charge in [-0.15, -0.1) is 11.8 Å². The van der Waals surface area contributed by atoms with E-state index in [-0.39, 0.29) is 5.91 Å². The molecular weight excluding hydrogens is 651 g/mol. The number of amides is 3. The van der Waals surface area contributed by atoms with Crippen LogP contribution >= 0.6 is 11.8 Å². The molecule has 0 bridgehead atoms. The van der Waals surface area contributed by atoms with Gasteiger partial charge >= 0.3 is 12.1 Å². The number of rotatable bonds is 7. The molecule has 0 saturated carbocycles. The Labute approximate surface area is 294 Å². The second-order valence-corrected chi connectivity index (χ2v) is 14.4. The molecule has 2 N–H and O–H groups in total. The van der Waals surface area contributed by atoms with Gasteiger partial charge in [0.1, 0.15) is 17.0 Å². The number of thioether (sulfide) groups is 1. The Hall–Kier alpha value is -5.35. The van der Waals surface area contributed by atoms with E-state index in [0.29, 0.717) is 29.7 Å². The van der Waals surface area contributed by atoms with Gasteiger partial charge < -0.3 is 25.0 Å². The summed E-state index contributed by atoms with van der Waals surface area (Å²) in [5, 5.41) is 8.41. The number of nitrogens with zero attached hydrogens (tertiary/aromatic N) is 1. The molecule has 0 spiro atoms. The van der Waals surface area contributed by atoms with Gasteiger partial charge in [0, 0.05) is 17.7 Å². The summed E-state index contributed by atoms with van der Waals surface area (Å²) in [6.45, 7) is 5.60. The molecule has 0 unspecified atom stereocenters. The van der Waals surface area contributed by atoms with Gasteiger partial charge in [-0.1, -0.05) is 103 Å². The zero-order valence-corrected chi connectivity index (χ0v) is 28.7. The van der Waals surface area contributed by atoms with E-state index in [1.807, 2.05) is 103 Å². The summed E-state index contributed by atoms with van der Waals surface area (Å²) >= 11 is 1.30. The van der Waals surface area contributed by atoms with Crippen molar-refractivity contribution in [1.29, 1.82) is 0 Å². The predicted octanol–water partition coefficient (Wildman–Crippen LogP) is 6.51. The molecular formula is C40H37N3O6S. The molecule has 2 saturated heterocycles. The Bertz CT molecular complexity index is 2000. The van der Waals surface area contributed by atoms with Gasteiger partial charge in [-0.25, -0.2) is 9.59 Å². The Morgan fingerprint density at radius 3 is 2.18 bits per heavy atom. The Morgan fingerprint density at radius 2 is 1.54 bits per heavy atom. The molecule has 4 aromatic rings. The number of hydrogen-bond acceptors (Lipinski definition) is 7. The lowest BCUT2D eigenvalue weighted by atomic mass is 9.75. The lowest BCUT2D eigenvalue weighted by Crippen LogP contribution is -2.78. The maximum Gasteiger partial charge on any atom is 0.408 e. The maximum absolute atomic E-state index is 15.4. The number of carbonyl (C=O) groups excluding carboxylic acids is 4. The van der Waals surface area contributed by atoms with E-state index in [9.17, 15) is 14.4 Å². The number of alkyl carbamates (subject to hydrolysis) is 1. The summed E-state index contributed by atoms with van der Waals surface area (Å²) in [5.41, 5.74) is 0.225. The van der Waals surface area contributed by atoms with Crippen molar-refractivity contribution in [2.75, 3.05) is 6.54 Å². The molecule has 3 amide bonds. The summed E-state index contributed by atoms with van der Waals surface area (Å²) in [5.74, 6) is -1.54. The van der Waals surface area contributed by atoms with Crippen molar-refractivity contribution >= 4 is 52.0 Å². The smallest absolute Gasteiger partial charge is 0.408 e. The van der Waals surface area contributed by atoms with Crippen molar-refractivity contribution < 1.29 is 28.7 Å². The zero-order valence-electron chi connectivity index (χ0n) is 27.9. The normalized spacial score (nSPS) is 22.4. The third-order valence-electron chi connectivity index (χ3n) is 9.04. The van der Waals surface area contributed by atoms with Crippen LogP contribution in [0.4, 0.5) is 4.79 Å². The highest BCUT2D eigenvalue weighted by atomic mass is 32.2. The number of carbonyl (C=O) groups is 4. The number of benzene rings is 4. The number of fused-ring (bicyclic) bond motifs is 2. The standard InChI is InChI=1S/C40H37N3O6S/c1-39(2,3)49-38(47)42-32-35(45)43-36(32)50-24-22-40(43,37(46)48-33(26-14-6-4-7-15-26)27-16-8-5-9-17-27)31(30-21-23-41-34(30)44)29-20-12-18-25-13-10-11-19-28(25)29/h4-20,22,24,32-33,36H,21,23H2,1-3H3,(H,41,44)(H,42,47)/t32-,36-,40-/m1/s1. The van der Waals surface area contributed by atoms with Crippen molar-refractivity contribution in [3.63, 3.8) is 0 Å². The van der Waals surface area contributed by atoms with Crippen LogP contribution in [0.5, 0.6) is 0 Å². The molecule has 3 atom stereocenters. The average Bonchev–Trinajstić information content (AvgIpc) is 3.54. The highest BCUT2D eigenvalue weighted by Crippen LogP contribution is 2.51. The van der Waals surface area contributed by atoms with Crippen LogP contribution in [-0.2, 0) is 23.9 Å². The van der Waals surface area contributed by atoms with Crippen molar-refractivity contribution in [3.05, 3.63) is 137 Å². The first-order valence-electron chi connectivity index (χ1n) is 16.6. The SMILES string of the molecule is CC(C)(C)OC(=O)N[C@@H]1C(=O)N2[C@@H]1SC=C[C@]2(C(=O)OC(c1ccccc1)c1ccccc1)C(=C1CCNC1=O)c1cccc2ccccc12. The van der Waals surface area contributed by atoms with Crippen LogP contribution < -0.4 is 10.6 Å². The van der Waals surface area contributed by atoms with Gasteiger partial charge in [-0.05, 0) is 66.1 Å². The van der Waals surface area contributed by atoms with Gasteiger partial charge in [-0.3, -0.25) is 9.59 Å². The lowest BCUT2D eigenvalue weighted by Gasteiger charge is -2.56. The minimum absolute atomic E-state index is 0.317. The van der Waals surface area contributed by atoms with E-state index >= 15 is 4.79 Å². The van der Waals surface area contributed by atoms with Crippen LogP contribution in [0.15, 0.2) is 120 Å². The van der Waals surface area contributed by atoms with Crippen LogP contribution in [-0.4, -0.2) is 57.9 Å². The Balaban J connectivity index is 1.42. The minimum atomic E-state index is -1.87. The van der Waals surface area contributed by atoms with E-state index in [1.54, 1.807) is 32.3 Å². The molecule has 3 aliphatic rings. The molecule has 0 radical (unpaired) electrons. The van der Waals surface area contributed by atoms with Crippen molar-refractivity contribution in [2.24, 2.45) is 0 Å². The van der Waals surface area contributed by atoms with Gasteiger partial charge in [0.25, 0.3) is 5.91 Å². The molecule has 50 heavy (non-hydrogen) atoms. The molecule has 2 fully saturated rings. The largest absolute Gasteiger partial charge is 0.450 e. The first kappa shape index (κ1) is 33.2. The van der Waals surface area contributed by atoms with Crippen molar-refractivity contribution in [1.82, 2.24) is 15.5 Å². The second-order valence-electron chi connectivity index (χ2n) is 13.4.